The van der Waals surface area contributed by atoms with Gasteiger partial charge in [-0.2, -0.15) is 0 Å². The van der Waals surface area contributed by atoms with E-state index < -0.39 is 0 Å². The molecular weight excluding hydrogens is 212 g/mol. The van der Waals surface area contributed by atoms with Crippen LogP contribution in [-0.2, 0) is 4.74 Å². The van der Waals surface area contributed by atoms with E-state index in [0.717, 1.165) is 38.1 Å². The Bertz CT molecular complexity index is 200. The van der Waals surface area contributed by atoms with E-state index in [-0.39, 0.29) is 0 Å². The van der Waals surface area contributed by atoms with Crippen LogP contribution in [-0.4, -0.2) is 44.8 Å². The van der Waals surface area contributed by atoms with Crippen molar-refractivity contribution in [3.8, 4) is 0 Å². The summed E-state index contributed by atoms with van der Waals surface area (Å²) in [5, 5.41) is 0. The summed E-state index contributed by atoms with van der Waals surface area (Å²) in [7, 11) is 1.76. The smallest absolute Gasteiger partial charge is 0.0589 e. The maximum Gasteiger partial charge on any atom is 0.0589 e. The summed E-state index contributed by atoms with van der Waals surface area (Å²) in [6.45, 7) is 8.68. The van der Waals surface area contributed by atoms with Crippen molar-refractivity contribution in [1.82, 2.24) is 4.90 Å². The number of nitrogens with zero attached hydrogens (tertiary/aromatic N) is 1. The Morgan fingerprint density at radius 1 is 1.29 bits per heavy atom. The Morgan fingerprint density at radius 3 is 2.47 bits per heavy atom. The largest absolute Gasteiger partial charge is 0.383 e. The molecule has 3 heteroatoms. The fraction of sp³-hybridized carbons (Fsp3) is 0.857. The second-order valence-corrected chi connectivity index (χ2v) is 5.16. The lowest BCUT2D eigenvalue weighted by Gasteiger charge is -2.31. The topological polar surface area (TPSA) is 38.5 Å². The van der Waals surface area contributed by atoms with Crippen molar-refractivity contribution >= 4 is 0 Å². The summed E-state index contributed by atoms with van der Waals surface area (Å²) >= 11 is 0. The summed E-state index contributed by atoms with van der Waals surface area (Å²) in [5.41, 5.74) is 5.72. The number of ether oxygens (including phenoxy) is 1. The minimum Gasteiger partial charge on any atom is -0.383 e. The van der Waals surface area contributed by atoms with Crippen LogP contribution in [0.2, 0.25) is 0 Å². The normalized spacial score (nSPS) is 25.1. The van der Waals surface area contributed by atoms with E-state index in [1.54, 1.807) is 7.11 Å². The van der Waals surface area contributed by atoms with Crippen molar-refractivity contribution in [2.24, 2.45) is 17.6 Å². The molecule has 1 saturated carbocycles. The Balaban J connectivity index is 2.26. The number of hydrogen-bond acceptors (Lipinski definition) is 3. The van der Waals surface area contributed by atoms with Gasteiger partial charge in [-0.15, -0.1) is 6.58 Å². The van der Waals surface area contributed by atoms with Gasteiger partial charge in [-0.1, -0.05) is 6.08 Å². The van der Waals surface area contributed by atoms with Crippen LogP contribution in [0.25, 0.3) is 0 Å². The van der Waals surface area contributed by atoms with E-state index in [1.165, 1.54) is 32.2 Å². The predicted molar refractivity (Wildman–Crippen MR) is 73.0 cm³/mol. The van der Waals surface area contributed by atoms with Gasteiger partial charge < -0.3 is 10.5 Å². The summed E-state index contributed by atoms with van der Waals surface area (Å²) in [4.78, 5) is 2.45. The molecule has 0 aliphatic heterocycles. The van der Waals surface area contributed by atoms with E-state index in [4.69, 9.17) is 10.5 Å². The van der Waals surface area contributed by atoms with Gasteiger partial charge in [0.1, 0.15) is 0 Å². The molecule has 0 bridgehead atoms. The van der Waals surface area contributed by atoms with Gasteiger partial charge in [0.2, 0.25) is 0 Å². The maximum atomic E-state index is 5.72. The molecule has 3 nitrogen and oxygen atoms in total. The molecule has 0 amide bonds. The van der Waals surface area contributed by atoms with Crippen molar-refractivity contribution in [3.63, 3.8) is 0 Å². The number of rotatable bonds is 8. The predicted octanol–water partition coefficient (Wildman–Crippen LogP) is 1.89. The third-order valence-corrected chi connectivity index (χ3v) is 3.81. The van der Waals surface area contributed by atoms with Crippen LogP contribution in [0, 0.1) is 11.8 Å². The first-order valence-corrected chi connectivity index (χ1v) is 6.82. The van der Waals surface area contributed by atoms with Gasteiger partial charge >= 0.3 is 0 Å². The molecule has 1 aliphatic carbocycles. The molecule has 17 heavy (non-hydrogen) atoms. The quantitative estimate of drug-likeness (QED) is 0.658. The zero-order chi connectivity index (χ0) is 12.5. The van der Waals surface area contributed by atoms with Gasteiger partial charge in [0.15, 0.2) is 0 Å². The highest BCUT2D eigenvalue weighted by Crippen LogP contribution is 2.28. The van der Waals surface area contributed by atoms with E-state index in [2.05, 4.69) is 11.5 Å². The Labute approximate surface area is 106 Å². The van der Waals surface area contributed by atoms with Gasteiger partial charge in [-0.25, -0.2) is 0 Å². The lowest BCUT2D eigenvalue weighted by molar-refractivity contribution is 0.132. The number of methoxy groups -OCH3 is 1. The molecule has 0 heterocycles. The second-order valence-electron chi connectivity index (χ2n) is 5.16. The van der Waals surface area contributed by atoms with Gasteiger partial charge in [-0.3, -0.25) is 4.90 Å². The lowest BCUT2D eigenvalue weighted by atomic mass is 9.82. The molecule has 1 rings (SSSR count). The SMILES string of the molecule is C=CCN(CCOC)CC1CCC(CN)CC1. The number of hydrogen-bond donors (Lipinski definition) is 1. The summed E-state index contributed by atoms with van der Waals surface area (Å²) in [6.07, 6.45) is 7.28. The highest BCUT2D eigenvalue weighted by molar-refractivity contribution is 4.79. The highest BCUT2D eigenvalue weighted by atomic mass is 16.5. The van der Waals surface area contributed by atoms with Gasteiger partial charge in [0.05, 0.1) is 6.61 Å². The van der Waals surface area contributed by atoms with E-state index >= 15 is 0 Å². The molecule has 1 aliphatic rings. The van der Waals surface area contributed by atoms with Crippen LogP contribution >= 0.6 is 0 Å². The van der Waals surface area contributed by atoms with Gasteiger partial charge in [0.25, 0.3) is 0 Å². The van der Waals surface area contributed by atoms with Crippen LogP contribution in [0.3, 0.4) is 0 Å². The summed E-state index contributed by atoms with van der Waals surface area (Å²) in [6, 6.07) is 0. The van der Waals surface area contributed by atoms with Crippen LogP contribution in [0.4, 0.5) is 0 Å². The minimum absolute atomic E-state index is 0.776. The summed E-state index contributed by atoms with van der Waals surface area (Å²) in [5.74, 6) is 1.62. The third-order valence-electron chi connectivity index (χ3n) is 3.81. The molecule has 0 unspecified atom stereocenters. The van der Waals surface area contributed by atoms with E-state index in [9.17, 15) is 0 Å². The molecule has 0 aromatic rings. The van der Waals surface area contributed by atoms with Crippen LogP contribution in [0.1, 0.15) is 25.7 Å². The average molecular weight is 240 g/mol. The standard InChI is InChI=1S/C14H28N2O/c1-3-8-16(9-10-17-2)12-14-6-4-13(11-15)5-7-14/h3,13-14H,1,4-12,15H2,2H3. The Hall–Kier alpha value is -0.380. The van der Waals surface area contributed by atoms with Gasteiger partial charge in [0, 0.05) is 26.7 Å². The number of nitrogens with two attached hydrogens (primary N) is 1. The van der Waals surface area contributed by atoms with E-state index in [0.29, 0.717) is 0 Å². The first-order valence-electron chi connectivity index (χ1n) is 6.82. The molecule has 0 radical (unpaired) electrons. The third kappa shape index (κ3) is 5.66. The second kappa shape index (κ2) is 8.67. The van der Waals surface area contributed by atoms with Crippen molar-refractivity contribution in [2.75, 3.05) is 39.9 Å². The zero-order valence-electron chi connectivity index (χ0n) is 11.2. The van der Waals surface area contributed by atoms with Crippen LogP contribution in [0.15, 0.2) is 12.7 Å². The van der Waals surface area contributed by atoms with Crippen LogP contribution in [0.5, 0.6) is 0 Å². The molecule has 0 atom stereocenters. The van der Waals surface area contributed by atoms with Crippen molar-refractivity contribution in [3.05, 3.63) is 12.7 Å². The molecule has 0 aromatic carbocycles. The first-order chi connectivity index (χ1) is 8.30. The minimum atomic E-state index is 0.776. The lowest BCUT2D eigenvalue weighted by Crippen LogP contribution is -2.34. The Kier molecular flexibility index (Phi) is 7.49. The molecule has 1 fully saturated rings. The molecule has 2 N–H and O–H groups in total. The fourth-order valence-corrected chi connectivity index (χ4v) is 2.67. The first kappa shape index (κ1) is 14.7. The van der Waals surface area contributed by atoms with E-state index in [1.807, 2.05) is 6.08 Å². The highest BCUT2D eigenvalue weighted by Gasteiger charge is 2.21. The average Bonchev–Trinajstić information content (AvgIpc) is 2.37. The van der Waals surface area contributed by atoms with Crippen molar-refractivity contribution in [1.29, 1.82) is 0 Å². The van der Waals surface area contributed by atoms with Gasteiger partial charge in [-0.05, 0) is 44.1 Å². The monoisotopic (exact) mass is 240 g/mol. The maximum absolute atomic E-state index is 5.72. The van der Waals surface area contributed by atoms with Crippen molar-refractivity contribution in [2.45, 2.75) is 25.7 Å². The summed E-state index contributed by atoms with van der Waals surface area (Å²) < 4.78 is 5.15. The molecule has 100 valence electrons. The molecule has 0 saturated heterocycles. The molecule has 0 aromatic heterocycles. The van der Waals surface area contributed by atoms with Crippen LogP contribution < -0.4 is 5.73 Å². The molecular formula is C14H28N2O. The fourth-order valence-electron chi connectivity index (χ4n) is 2.67. The zero-order valence-corrected chi connectivity index (χ0v) is 11.2. The Morgan fingerprint density at radius 2 is 1.94 bits per heavy atom. The molecule has 0 spiro atoms. The van der Waals surface area contributed by atoms with Crippen molar-refractivity contribution < 1.29 is 4.74 Å².